The Balaban J connectivity index is 1.44. The highest BCUT2D eigenvalue weighted by atomic mass is 32.2. The van der Waals surface area contributed by atoms with E-state index >= 15 is 0 Å². The van der Waals surface area contributed by atoms with Crippen molar-refractivity contribution in [1.29, 1.82) is 0 Å². The van der Waals surface area contributed by atoms with Gasteiger partial charge in [-0.25, -0.2) is 4.79 Å². The maximum Gasteiger partial charge on any atom is 0.326 e. The summed E-state index contributed by atoms with van der Waals surface area (Å²) in [5, 5.41) is 9.83. The molecule has 0 aliphatic carbocycles. The topological polar surface area (TPSA) is 91.2 Å². The average Bonchev–Trinajstić information content (AvgIpc) is 3.27. The van der Waals surface area contributed by atoms with Gasteiger partial charge in [0, 0.05) is 4.90 Å². The van der Waals surface area contributed by atoms with Crippen LogP contribution in [0.2, 0.25) is 0 Å². The minimum absolute atomic E-state index is 0.232. The number of aromatic amines is 2. The van der Waals surface area contributed by atoms with E-state index in [4.69, 9.17) is 9.15 Å². The maximum absolute atomic E-state index is 11.4. The van der Waals surface area contributed by atoms with Gasteiger partial charge in [0.05, 0.1) is 11.2 Å². The molecule has 0 aliphatic heterocycles. The van der Waals surface area contributed by atoms with Crippen molar-refractivity contribution in [2.45, 2.75) is 23.3 Å². The van der Waals surface area contributed by atoms with E-state index in [9.17, 15) is 9.90 Å². The lowest BCUT2D eigenvalue weighted by Gasteiger charge is -2.08. The molecular formula is C21H18N2O4S. The Bertz CT molecular complexity index is 1120. The molecule has 2 aromatic heterocycles. The van der Waals surface area contributed by atoms with Crippen LogP contribution in [0.1, 0.15) is 11.1 Å². The summed E-state index contributed by atoms with van der Waals surface area (Å²) in [6.07, 6.45) is 1.52. The number of imidazole rings is 1. The highest BCUT2D eigenvalue weighted by Gasteiger charge is 2.17. The zero-order valence-electron chi connectivity index (χ0n) is 15.1. The van der Waals surface area contributed by atoms with E-state index < -0.39 is 5.69 Å². The average molecular weight is 394 g/mol. The van der Waals surface area contributed by atoms with Crippen molar-refractivity contribution in [2.75, 3.05) is 0 Å². The zero-order valence-corrected chi connectivity index (χ0v) is 15.9. The van der Waals surface area contributed by atoms with Crippen molar-refractivity contribution >= 4 is 11.8 Å². The van der Waals surface area contributed by atoms with Gasteiger partial charge in [-0.3, -0.25) is 9.97 Å². The quantitative estimate of drug-likeness (QED) is 0.441. The van der Waals surface area contributed by atoms with Gasteiger partial charge in [-0.15, -0.1) is 0 Å². The molecule has 2 heterocycles. The van der Waals surface area contributed by atoms with Crippen LogP contribution in [0.25, 0.3) is 11.5 Å². The number of rotatable bonds is 6. The van der Waals surface area contributed by atoms with Crippen LogP contribution in [0.4, 0.5) is 0 Å². The summed E-state index contributed by atoms with van der Waals surface area (Å²) in [7, 11) is 0. The Morgan fingerprint density at radius 2 is 1.79 bits per heavy atom. The standard InChI is InChI=1S/C21H18N2O4S/c1-13-2-4-14(5-3-13)12-27-15-6-8-16(9-7-15)28-17-10-11-26-19(17)18-20(24)23-21(25)22-18/h2-11,24H,12H2,1H3,(H2,22,23,25). The number of hydrogen-bond acceptors (Lipinski definition) is 5. The van der Waals surface area contributed by atoms with Gasteiger partial charge in [0.25, 0.3) is 0 Å². The summed E-state index contributed by atoms with van der Waals surface area (Å²) in [5.74, 6) is 0.937. The van der Waals surface area contributed by atoms with E-state index in [1.54, 1.807) is 6.07 Å². The molecule has 28 heavy (non-hydrogen) atoms. The van der Waals surface area contributed by atoms with Crippen LogP contribution in [0.5, 0.6) is 11.6 Å². The smallest absolute Gasteiger partial charge is 0.326 e. The van der Waals surface area contributed by atoms with Crippen LogP contribution in [0.3, 0.4) is 0 Å². The van der Waals surface area contributed by atoms with Gasteiger partial charge in [-0.05, 0) is 42.8 Å². The Hall–Kier alpha value is -3.32. The molecule has 0 bridgehead atoms. The fraction of sp³-hybridized carbons (Fsp3) is 0.0952. The minimum atomic E-state index is -0.491. The third-order valence-electron chi connectivity index (χ3n) is 4.14. The second-order valence-corrected chi connectivity index (χ2v) is 7.38. The summed E-state index contributed by atoms with van der Waals surface area (Å²) in [6.45, 7) is 2.57. The van der Waals surface area contributed by atoms with Crippen molar-refractivity contribution in [2.24, 2.45) is 0 Å². The Morgan fingerprint density at radius 1 is 1.04 bits per heavy atom. The highest BCUT2D eigenvalue weighted by Crippen LogP contribution is 2.38. The maximum atomic E-state index is 11.4. The fourth-order valence-electron chi connectivity index (χ4n) is 2.68. The zero-order chi connectivity index (χ0) is 19.5. The van der Waals surface area contributed by atoms with Crippen LogP contribution in [0, 0.1) is 6.92 Å². The molecule has 4 rings (SSSR count). The van der Waals surface area contributed by atoms with Crippen molar-refractivity contribution in [3.05, 3.63) is 82.5 Å². The Morgan fingerprint density at radius 3 is 2.46 bits per heavy atom. The highest BCUT2D eigenvalue weighted by molar-refractivity contribution is 7.99. The molecule has 0 radical (unpaired) electrons. The Labute approximate surface area is 165 Å². The minimum Gasteiger partial charge on any atom is -0.493 e. The number of hydrogen-bond donors (Lipinski definition) is 3. The van der Waals surface area contributed by atoms with Crippen molar-refractivity contribution < 1.29 is 14.3 Å². The lowest BCUT2D eigenvalue weighted by Crippen LogP contribution is -2.00. The van der Waals surface area contributed by atoms with Crippen LogP contribution in [-0.4, -0.2) is 15.1 Å². The largest absolute Gasteiger partial charge is 0.493 e. The van der Waals surface area contributed by atoms with E-state index in [1.165, 1.54) is 23.6 Å². The molecular weight excluding hydrogens is 376 g/mol. The molecule has 2 aromatic carbocycles. The summed E-state index contributed by atoms with van der Waals surface area (Å²) >= 11 is 1.46. The third-order valence-corrected chi connectivity index (χ3v) is 5.19. The molecule has 0 aliphatic rings. The molecule has 6 nitrogen and oxygen atoms in total. The van der Waals surface area contributed by atoms with Crippen molar-refractivity contribution in [1.82, 2.24) is 9.97 Å². The number of H-pyrrole nitrogens is 2. The van der Waals surface area contributed by atoms with Crippen molar-refractivity contribution in [3.63, 3.8) is 0 Å². The second-order valence-electron chi connectivity index (χ2n) is 6.26. The summed E-state index contributed by atoms with van der Waals surface area (Å²) in [4.78, 5) is 17.9. The molecule has 0 saturated carbocycles. The van der Waals surface area contributed by atoms with Gasteiger partial charge in [0.2, 0.25) is 5.88 Å². The Kier molecular flexibility index (Phi) is 4.99. The molecule has 142 valence electrons. The number of aromatic nitrogens is 2. The number of benzene rings is 2. The first-order valence-electron chi connectivity index (χ1n) is 8.64. The second kappa shape index (κ2) is 7.74. The van der Waals surface area contributed by atoms with E-state index in [0.717, 1.165) is 21.1 Å². The number of ether oxygens (including phenoxy) is 1. The van der Waals surface area contributed by atoms with Gasteiger partial charge in [-0.1, -0.05) is 41.6 Å². The number of nitrogens with one attached hydrogen (secondary N) is 2. The summed E-state index contributed by atoms with van der Waals surface area (Å²) in [5.41, 5.74) is 2.08. The third kappa shape index (κ3) is 3.99. The van der Waals surface area contributed by atoms with Crippen LogP contribution < -0.4 is 10.4 Å². The summed E-state index contributed by atoms with van der Waals surface area (Å²) in [6, 6.07) is 17.7. The molecule has 0 amide bonds. The first-order chi connectivity index (χ1) is 13.6. The molecule has 0 saturated heterocycles. The number of aryl methyl sites for hydroxylation is 1. The van der Waals surface area contributed by atoms with Gasteiger partial charge in [-0.2, -0.15) is 0 Å². The fourth-order valence-corrected chi connectivity index (χ4v) is 3.57. The van der Waals surface area contributed by atoms with E-state index in [-0.39, 0.29) is 11.6 Å². The van der Waals surface area contributed by atoms with Crippen LogP contribution in [-0.2, 0) is 6.61 Å². The monoisotopic (exact) mass is 394 g/mol. The molecule has 7 heteroatoms. The lowest BCUT2D eigenvalue weighted by atomic mass is 10.2. The van der Waals surface area contributed by atoms with Crippen molar-refractivity contribution in [3.8, 4) is 23.1 Å². The van der Waals surface area contributed by atoms with Gasteiger partial charge >= 0.3 is 5.69 Å². The predicted molar refractivity (Wildman–Crippen MR) is 107 cm³/mol. The predicted octanol–water partition coefficient (Wildman–Crippen LogP) is 4.71. The number of aromatic hydroxyl groups is 1. The first-order valence-corrected chi connectivity index (χ1v) is 9.45. The molecule has 0 fully saturated rings. The molecule has 4 aromatic rings. The van der Waals surface area contributed by atoms with Gasteiger partial charge in [0.1, 0.15) is 18.1 Å². The molecule has 3 N–H and O–H groups in total. The van der Waals surface area contributed by atoms with Crippen LogP contribution in [0.15, 0.2) is 79.9 Å². The van der Waals surface area contributed by atoms with Gasteiger partial charge < -0.3 is 14.3 Å². The van der Waals surface area contributed by atoms with E-state index in [0.29, 0.717) is 12.4 Å². The SMILES string of the molecule is Cc1ccc(COc2ccc(Sc3ccoc3-c3[nH]c(=O)[nH]c3O)cc2)cc1. The van der Waals surface area contributed by atoms with Crippen LogP contribution >= 0.6 is 11.8 Å². The summed E-state index contributed by atoms with van der Waals surface area (Å²) < 4.78 is 11.3. The molecule has 0 spiro atoms. The molecule has 0 unspecified atom stereocenters. The number of furan rings is 1. The first kappa shape index (κ1) is 18.1. The van der Waals surface area contributed by atoms with E-state index in [1.807, 2.05) is 24.3 Å². The van der Waals surface area contributed by atoms with E-state index in [2.05, 4.69) is 41.2 Å². The van der Waals surface area contributed by atoms with Gasteiger partial charge in [0.15, 0.2) is 5.76 Å². The molecule has 0 atom stereocenters. The normalized spacial score (nSPS) is 10.9. The lowest BCUT2D eigenvalue weighted by molar-refractivity contribution is 0.306.